The summed E-state index contributed by atoms with van der Waals surface area (Å²) >= 11 is 0. The van der Waals surface area contributed by atoms with Crippen molar-refractivity contribution in [3.63, 3.8) is 0 Å². The van der Waals surface area contributed by atoms with Crippen molar-refractivity contribution in [2.45, 2.75) is 39.5 Å². The summed E-state index contributed by atoms with van der Waals surface area (Å²) in [4.78, 5) is 11.1. The van der Waals surface area contributed by atoms with E-state index in [1.807, 2.05) is 25.2 Å². The normalized spacial score (nSPS) is 9.42. The number of benzene rings is 1. The topological polar surface area (TPSA) is 41.1 Å². The average Bonchev–Trinajstić information content (AvgIpc) is 2.38. The maximum absolute atomic E-state index is 11.1. The summed E-state index contributed by atoms with van der Waals surface area (Å²) in [6, 6.07) is 5.80. The number of anilines is 2. The Morgan fingerprint density at radius 1 is 1.26 bits per heavy atom. The standard InChI is InChI=1S/C16H22N2O/c1-4-5-6-7-8-9-14-10-11-15(17-3)16(12-14)18-13(2)19/h10-12,17H,4-7H2,1-3H3,(H,18,19). The van der Waals surface area contributed by atoms with Crippen LogP contribution in [0.5, 0.6) is 0 Å². The van der Waals surface area contributed by atoms with Crippen LogP contribution in [0.25, 0.3) is 0 Å². The molecule has 1 aromatic carbocycles. The van der Waals surface area contributed by atoms with Crippen molar-refractivity contribution in [2.75, 3.05) is 17.7 Å². The number of unbranched alkanes of at least 4 members (excludes halogenated alkanes) is 3. The molecule has 0 radical (unpaired) electrons. The van der Waals surface area contributed by atoms with Gasteiger partial charge in [-0.2, -0.15) is 0 Å². The third-order valence-electron chi connectivity index (χ3n) is 2.74. The Morgan fingerprint density at radius 2 is 2.05 bits per heavy atom. The molecule has 19 heavy (non-hydrogen) atoms. The predicted octanol–water partition coefficient (Wildman–Crippen LogP) is 3.62. The number of carbonyl (C=O) groups excluding carboxylic acids is 1. The first-order valence-corrected chi connectivity index (χ1v) is 6.75. The maximum atomic E-state index is 11.1. The molecule has 0 saturated heterocycles. The minimum atomic E-state index is -0.0791. The van der Waals surface area contributed by atoms with E-state index in [9.17, 15) is 4.79 Å². The van der Waals surface area contributed by atoms with E-state index in [1.54, 1.807) is 0 Å². The van der Waals surface area contributed by atoms with Gasteiger partial charge in [0.25, 0.3) is 0 Å². The summed E-state index contributed by atoms with van der Waals surface area (Å²) in [5.74, 6) is 6.23. The second-order valence-corrected chi connectivity index (χ2v) is 4.45. The minimum Gasteiger partial charge on any atom is -0.386 e. The van der Waals surface area contributed by atoms with Gasteiger partial charge in [-0.3, -0.25) is 4.79 Å². The highest BCUT2D eigenvalue weighted by Gasteiger charge is 2.03. The van der Waals surface area contributed by atoms with Gasteiger partial charge >= 0.3 is 0 Å². The first-order chi connectivity index (χ1) is 9.17. The van der Waals surface area contributed by atoms with E-state index in [1.165, 1.54) is 19.8 Å². The van der Waals surface area contributed by atoms with Crippen molar-refractivity contribution in [1.82, 2.24) is 0 Å². The van der Waals surface area contributed by atoms with Gasteiger partial charge in [0, 0.05) is 26.0 Å². The van der Waals surface area contributed by atoms with E-state index in [0.29, 0.717) is 0 Å². The molecule has 0 aliphatic carbocycles. The molecule has 3 nitrogen and oxygen atoms in total. The average molecular weight is 258 g/mol. The number of hydrogen-bond acceptors (Lipinski definition) is 2. The van der Waals surface area contributed by atoms with Crippen LogP contribution in [-0.2, 0) is 4.79 Å². The fourth-order valence-corrected chi connectivity index (χ4v) is 1.76. The molecule has 0 spiro atoms. The van der Waals surface area contributed by atoms with Crippen molar-refractivity contribution in [2.24, 2.45) is 0 Å². The van der Waals surface area contributed by atoms with E-state index in [-0.39, 0.29) is 5.91 Å². The van der Waals surface area contributed by atoms with Crippen LogP contribution in [0.3, 0.4) is 0 Å². The molecule has 3 heteroatoms. The fraction of sp³-hybridized carbons (Fsp3) is 0.438. The van der Waals surface area contributed by atoms with Crippen LogP contribution < -0.4 is 10.6 Å². The highest BCUT2D eigenvalue weighted by molar-refractivity contribution is 5.92. The van der Waals surface area contributed by atoms with Crippen LogP contribution in [0.2, 0.25) is 0 Å². The van der Waals surface area contributed by atoms with Gasteiger partial charge < -0.3 is 10.6 Å². The molecule has 1 aromatic rings. The zero-order chi connectivity index (χ0) is 14.1. The zero-order valence-electron chi connectivity index (χ0n) is 12.0. The van der Waals surface area contributed by atoms with Gasteiger partial charge in [-0.15, -0.1) is 0 Å². The first kappa shape index (κ1) is 15.1. The van der Waals surface area contributed by atoms with Gasteiger partial charge in [-0.05, 0) is 24.6 Å². The lowest BCUT2D eigenvalue weighted by atomic mass is 10.1. The molecular formula is C16H22N2O. The lowest BCUT2D eigenvalue weighted by Crippen LogP contribution is -2.08. The number of hydrogen-bond donors (Lipinski definition) is 2. The molecule has 0 aliphatic heterocycles. The Labute approximate surface area is 115 Å². The molecule has 0 fully saturated rings. The third-order valence-corrected chi connectivity index (χ3v) is 2.74. The third kappa shape index (κ3) is 5.48. The van der Waals surface area contributed by atoms with Gasteiger partial charge in [0.1, 0.15) is 0 Å². The molecule has 1 amide bonds. The molecule has 0 aromatic heterocycles. The Hall–Kier alpha value is -1.95. The molecular weight excluding hydrogens is 236 g/mol. The van der Waals surface area contributed by atoms with Crippen molar-refractivity contribution < 1.29 is 4.79 Å². The lowest BCUT2D eigenvalue weighted by Gasteiger charge is -2.09. The van der Waals surface area contributed by atoms with Crippen molar-refractivity contribution in [1.29, 1.82) is 0 Å². The zero-order valence-corrected chi connectivity index (χ0v) is 12.0. The number of amides is 1. The van der Waals surface area contributed by atoms with E-state index in [4.69, 9.17) is 0 Å². The maximum Gasteiger partial charge on any atom is 0.221 e. The predicted molar refractivity (Wildman–Crippen MR) is 81.3 cm³/mol. The van der Waals surface area contributed by atoms with Gasteiger partial charge in [0.15, 0.2) is 0 Å². The minimum absolute atomic E-state index is 0.0791. The van der Waals surface area contributed by atoms with Gasteiger partial charge in [-0.25, -0.2) is 0 Å². The van der Waals surface area contributed by atoms with Gasteiger partial charge in [0.05, 0.1) is 11.4 Å². The lowest BCUT2D eigenvalue weighted by molar-refractivity contribution is -0.114. The highest BCUT2D eigenvalue weighted by Crippen LogP contribution is 2.22. The van der Waals surface area contributed by atoms with Crippen molar-refractivity contribution >= 4 is 17.3 Å². The van der Waals surface area contributed by atoms with Crippen LogP contribution in [-0.4, -0.2) is 13.0 Å². The monoisotopic (exact) mass is 258 g/mol. The van der Waals surface area contributed by atoms with Crippen LogP contribution in [0.4, 0.5) is 11.4 Å². The largest absolute Gasteiger partial charge is 0.386 e. The molecule has 2 N–H and O–H groups in total. The summed E-state index contributed by atoms with van der Waals surface area (Å²) < 4.78 is 0. The summed E-state index contributed by atoms with van der Waals surface area (Å²) in [6.45, 7) is 3.69. The van der Waals surface area contributed by atoms with Crippen LogP contribution in [0.15, 0.2) is 18.2 Å². The van der Waals surface area contributed by atoms with E-state index < -0.39 is 0 Å². The van der Waals surface area contributed by atoms with E-state index in [2.05, 4.69) is 29.4 Å². The highest BCUT2D eigenvalue weighted by atomic mass is 16.1. The number of carbonyl (C=O) groups is 1. The van der Waals surface area contributed by atoms with Gasteiger partial charge in [-0.1, -0.05) is 31.6 Å². The van der Waals surface area contributed by atoms with Crippen molar-refractivity contribution in [3.8, 4) is 11.8 Å². The molecule has 1 rings (SSSR count). The first-order valence-electron chi connectivity index (χ1n) is 6.75. The molecule has 0 aliphatic rings. The second kappa shape index (κ2) is 8.20. The Bertz CT molecular complexity index is 483. The van der Waals surface area contributed by atoms with Gasteiger partial charge in [0.2, 0.25) is 5.91 Å². The summed E-state index contributed by atoms with van der Waals surface area (Å²) in [7, 11) is 1.83. The van der Waals surface area contributed by atoms with Crippen LogP contribution in [0.1, 0.15) is 45.1 Å². The molecule has 0 unspecified atom stereocenters. The van der Waals surface area contributed by atoms with Crippen LogP contribution >= 0.6 is 0 Å². The van der Waals surface area contributed by atoms with Crippen LogP contribution in [0, 0.1) is 11.8 Å². The molecule has 0 bridgehead atoms. The Balaban J connectivity index is 2.77. The number of rotatable bonds is 5. The van der Waals surface area contributed by atoms with E-state index in [0.717, 1.165) is 29.8 Å². The Morgan fingerprint density at radius 3 is 2.68 bits per heavy atom. The summed E-state index contributed by atoms with van der Waals surface area (Å²) in [5, 5.41) is 5.86. The SMILES string of the molecule is CCCCCC#Cc1ccc(NC)c(NC(C)=O)c1. The summed E-state index contributed by atoms with van der Waals surface area (Å²) in [6.07, 6.45) is 4.52. The molecule has 102 valence electrons. The fourth-order valence-electron chi connectivity index (χ4n) is 1.76. The second-order valence-electron chi connectivity index (χ2n) is 4.45. The quantitative estimate of drug-likeness (QED) is 0.625. The molecule has 0 saturated carbocycles. The van der Waals surface area contributed by atoms with Crippen molar-refractivity contribution in [3.05, 3.63) is 23.8 Å². The molecule has 0 heterocycles. The molecule has 0 atom stereocenters. The number of nitrogens with one attached hydrogen (secondary N) is 2. The summed E-state index contributed by atoms with van der Waals surface area (Å²) in [5.41, 5.74) is 2.60. The Kier molecular flexibility index (Phi) is 6.52. The van der Waals surface area contributed by atoms with E-state index >= 15 is 0 Å². The smallest absolute Gasteiger partial charge is 0.221 e.